The number of thioether (sulfide) groups is 1. The number of nitrogens with two attached hydrogens (primary N) is 1. The topological polar surface area (TPSA) is 64.3 Å². The standard InChI is InChI=1S/C13H16F2N2O2S/c1-13(7-19-6-10(13)16)11(18)17-8-4-2-3-5-9(8)20-12(14)15/h2-5,10,12H,6-7,16H2,1H3,(H,17,18). The first kappa shape index (κ1) is 15.2. The molecule has 0 aromatic heterocycles. The average Bonchev–Trinajstić information content (AvgIpc) is 2.73. The molecule has 0 spiro atoms. The van der Waals surface area contributed by atoms with Gasteiger partial charge >= 0.3 is 0 Å². The maximum Gasteiger partial charge on any atom is 0.288 e. The Hall–Kier alpha value is -1.18. The number of nitrogens with one attached hydrogen (secondary N) is 1. The van der Waals surface area contributed by atoms with E-state index in [1.54, 1.807) is 31.2 Å². The fraction of sp³-hybridized carbons (Fsp3) is 0.462. The van der Waals surface area contributed by atoms with E-state index in [-0.39, 0.29) is 12.5 Å². The molecule has 1 fully saturated rings. The zero-order chi connectivity index (χ0) is 14.8. The third-order valence-electron chi connectivity index (χ3n) is 3.39. The van der Waals surface area contributed by atoms with Gasteiger partial charge in [-0.2, -0.15) is 8.78 Å². The lowest BCUT2D eigenvalue weighted by atomic mass is 9.85. The van der Waals surface area contributed by atoms with E-state index in [1.165, 1.54) is 0 Å². The van der Waals surface area contributed by atoms with E-state index in [4.69, 9.17) is 10.5 Å². The number of amides is 1. The quantitative estimate of drug-likeness (QED) is 0.838. The van der Waals surface area contributed by atoms with E-state index < -0.39 is 17.2 Å². The molecule has 0 bridgehead atoms. The fourth-order valence-electron chi connectivity index (χ4n) is 1.96. The molecule has 1 heterocycles. The zero-order valence-electron chi connectivity index (χ0n) is 10.9. The molecule has 3 N–H and O–H groups in total. The summed E-state index contributed by atoms with van der Waals surface area (Å²) in [5.41, 5.74) is 5.39. The number of carbonyl (C=O) groups is 1. The molecule has 20 heavy (non-hydrogen) atoms. The highest BCUT2D eigenvalue weighted by Gasteiger charge is 2.44. The van der Waals surface area contributed by atoms with Gasteiger partial charge in [-0.3, -0.25) is 4.79 Å². The predicted molar refractivity (Wildman–Crippen MR) is 73.8 cm³/mol. The summed E-state index contributed by atoms with van der Waals surface area (Å²) in [7, 11) is 0. The zero-order valence-corrected chi connectivity index (χ0v) is 11.8. The van der Waals surface area contributed by atoms with Gasteiger partial charge < -0.3 is 15.8 Å². The van der Waals surface area contributed by atoms with Crippen LogP contribution in [-0.4, -0.2) is 30.9 Å². The highest BCUT2D eigenvalue weighted by atomic mass is 32.2. The number of hydrogen-bond acceptors (Lipinski definition) is 4. The Kier molecular flexibility index (Phi) is 4.62. The van der Waals surface area contributed by atoms with Gasteiger partial charge in [0.2, 0.25) is 5.91 Å². The molecule has 0 radical (unpaired) electrons. The van der Waals surface area contributed by atoms with Crippen molar-refractivity contribution in [3.8, 4) is 0 Å². The first-order chi connectivity index (χ1) is 9.43. The maximum atomic E-state index is 12.5. The minimum atomic E-state index is -2.54. The van der Waals surface area contributed by atoms with E-state index in [9.17, 15) is 13.6 Å². The molecule has 1 aliphatic rings. The smallest absolute Gasteiger partial charge is 0.288 e. The van der Waals surface area contributed by atoms with Gasteiger partial charge in [0.25, 0.3) is 5.76 Å². The molecule has 2 atom stereocenters. The highest BCUT2D eigenvalue weighted by Crippen LogP contribution is 2.34. The second-order valence-electron chi connectivity index (χ2n) is 4.87. The van der Waals surface area contributed by atoms with Crippen LogP contribution >= 0.6 is 11.8 Å². The second-order valence-corrected chi connectivity index (χ2v) is 5.90. The van der Waals surface area contributed by atoms with Crippen molar-refractivity contribution in [1.82, 2.24) is 0 Å². The van der Waals surface area contributed by atoms with Gasteiger partial charge in [-0.1, -0.05) is 23.9 Å². The highest BCUT2D eigenvalue weighted by molar-refractivity contribution is 7.99. The van der Waals surface area contributed by atoms with Gasteiger partial charge in [-0.05, 0) is 19.1 Å². The van der Waals surface area contributed by atoms with Crippen molar-refractivity contribution in [3.05, 3.63) is 24.3 Å². The summed E-state index contributed by atoms with van der Waals surface area (Å²) in [4.78, 5) is 12.6. The molecular formula is C13H16F2N2O2S. The second kappa shape index (κ2) is 6.07. The van der Waals surface area contributed by atoms with Crippen molar-refractivity contribution in [2.75, 3.05) is 18.5 Å². The van der Waals surface area contributed by atoms with Gasteiger partial charge in [-0.15, -0.1) is 0 Å². The summed E-state index contributed by atoms with van der Waals surface area (Å²) in [6.45, 7) is 2.25. The summed E-state index contributed by atoms with van der Waals surface area (Å²) < 4.78 is 30.2. The molecule has 4 nitrogen and oxygen atoms in total. The minimum absolute atomic E-state index is 0.226. The number of anilines is 1. The number of alkyl halides is 2. The first-order valence-corrected chi connectivity index (χ1v) is 7.00. The molecule has 1 aromatic carbocycles. The van der Waals surface area contributed by atoms with Gasteiger partial charge in [0.05, 0.1) is 24.3 Å². The van der Waals surface area contributed by atoms with E-state index >= 15 is 0 Å². The van der Waals surface area contributed by atoms with Gasteiger partial charge in [0, 0.05) is 10.9 Å². The Morgan fingerprint density at radius 3 is 2.85 bits per heavy atom. The lowest BCUT2D eigenvalue weighted by Gasteiger charge is -2.25. The molecule has 1 aliphatic heterocycles. The molecule has 2 rings (SSSR count). The maximum absolute atomic E-state index is 12.5. The number of ether oxygens (including phenoxy) is 1. The lowest BCUT2D eigenvalue weighted by molar-refractivity contribution is -0.125. The third kappa shape index (κ3) is 3.11. The molecule has 2 unspecified atom stereocenters. The molecular weight excluding hydrogens is 286 g/mol. The van der Waals surface area contributed by atoms with Crippen LogP contribution in [0, 0.1) is 5.41 Å². The van der Waals surface area contributed by atoms with Crippen molar-refractivity contribution in [1.29, 1.82) is 0 Å². The normalized spacial score (nSPS) is 25.9. The minimum Gasteiger partial charge on any atom is -0.379 e. The molecule has 1 amide bonds. The molecule has 7 heteroatoms. The largest absolute Gasteiger partial charge is 0.379 e. The lowest BCUT2D eigenvalue weighted by Crippen LogP contribution is -2.47. The van der Waals surface area contributed by atoms with Crippen LogP contribution in [0.2, 0.25) is 0 Å². The van der Waals surface area contributed by atoms with Crippen LogP contribution in [0.1, 0.15) is 6.92 Å². The van der Waals surface area contributed by atoms with Crippen molar-refractivity contribution < 1.29 is 18.3 Å². The van der Waals surface area contributed by atoms with Crippen LogP contribution in [0.15, 0.2) is 29.2 Å². The molecule has 1 aromatic rings. The monoisotopic (exact) mass is 302 g/mol. The van der Waals surface area contributed by atoms with Crippen molar-refractivity contribution in [2.45, 2.75) is 23.6 Å². The Bertz CT molecular complexity index is 501. The van der Waals surface area contributed by atoms with Crippen molar-refractivity contribution in [2.24, 2.45) is 11.1 Å². The van der Waals surface area contributed by atoms with E-state index in [0.29, 0.717) is 29.0 Å². The summed E-state index contributed by atoms with van der Waals surface area (Å²) >= 11 is 0.399. The van der Waals surface area contributed by atoms with Crippen LogP contribution < -0.4 is 11.1 Å². The Morgan fingerprint density at radius 1 is 1.55 bits per heavy atom. The molecule has 1 saturated heterocycles. The SMILES string of the molecule is CC1(C(=O)Nc2ccccc2SC(F)F)COCC1N. The van der Waals surface area contributed by atoms with E-state index in [2.05, 4.69) is 5.32 Å². The van der Waals surface area contributed by atoms with Gasteiger partial charge in [0.15, 0.2) is 0 Å². The first-order valence-electron chi connectivity index (χ1n) is 6.12. The number of hydrogen-bond donors (Lipinski definition) is 2. The van der Waals surface area contributed by atoms with E-state index in [1.807, 2.05) is 0 Å². The van der Waals surface area contributed by atoms with Crippen LogP contribution in [0.4, 0.5) is 14.5 Å². The van der Waals surface area contributed by atoms with Gasteiger partial charge in [0.1, 0.15) is 0 Å². The number of benzene rings is 1. The van der Waals surface area contributed by atoms with Gasteiger partial charge in [-0.25, -0.2) is 0 Å². The van der Waals surface area contributed by atoms with Crippen LogP contribution in [0.25, 0.3) is 0 Å². The fourth-order valence-corrected chi connectivity index (χ4v) is 2.55. The Balaban J connectivity index is 2.16. The number of carbonyl (C=O) groups excluding carboxylic acids is 1. The predicted octanol–water partition coefficient (Wildman–Crippen LogP) is 2.30. The summed E-state index contributed by atoms with van der Waals surface area (Å²) in [5.74, 6) is -2.86. The van der Waals surface area contributed by atoms with Crippen molar-refractivity contribution in [3.63, 3.8) is 0 Å². The summed E-state index contributed by atoms with van der Waals surface area (Å²) in [6, 6.07) is 6.05. The van der Waals surface area contributed by atoms with Crippen LogP contribution in [0.5, 0.6) is 0 Å². The Labute approximate surface area is 120 Å². The number of halogens is 2. The summed E-state index contributed by atoms with van der Waals surface area (Å²) in [5, 5.41) is 2.68. The average molecular weight is 302 g/mol. The molecule has 110 valence electrons. The van der Waals surface area contributed by atoms with Crippen LogP contribution in [0.3, 0.4) is 0 Å². The van der Waals surface area contributed by atoms with Crippen molar-refractivity contribution >= 4 is 23.4 Å². The third-order valence-corrected chi connectivity index (χ3v) is 4.18. The van der Waals surface area contributed by atoms with E-state index in [0.717, 1.165) is 0 Å². The number of rotatable bonds is 4. The summed E-state index contributed by atoms with van der Waals surface area (Å²) in [6.07, 6.45) is 0. The molecule has 0 saturated carbocycles. The Morgan fingerprint density at radius 2 is 2.25 bits per heavy atom. The number of para-hydroxylation sites is 1. The molecule has 0 aliphatic carbocycles. The van der Waals surface area contributed by atoms with Crippen LogP contribution in [-0.2, 0) is 9.53 Å².